The van der Waals surface area contributed by atoms with Gasteiger partial charge in [0.1, 0.15) is 11.6 Å². The molecule has 132 valence electrons. The molecule has 2 aromatic heterocycles. The number of benzene rings is 2. The molecule has 5 N–H and O–H groups in total. The van der Waals surface area contributed by atoms with Gasteiger partial charge in [-0.2, -0.15) is 0 Å². The van der Waals surface area contributed by atoms with Crippen LogP contribution < -0.4 is 11.5 Å². The molecule has 0 radical (unpaired) electrons. The number of hydrogen-bond acceptors (Lipinski definition) is 6. The molecule has 27 heavy (non-hydrogen) atoms. The van der Waals surface area contributed by atoms with E-state index in [-0.39, 0.29) is 11.7 Å². The van der Waals surface area contributed by atoms with Crippen molar-refractivity contribution in [2.24, 2.45) is 0 Å². The molecule has 6 nitrogen and oxygen atoms in total. The number of rotatable bonds is 3. The van der Waals surface area contributed by atoms with Crippen LogP contribution in [0.15, 0.2) is 72.9 Å². The number of aromatic nitrogens is 3. The molecule has 4 rings (SSSR count). The molecule has 0 saturated carbocycles. The Morgan fingerprint density at radius 2 is 1.44 bits per heavy atom. The molecule has 4 aromatic rings. The van der Waals surface area contributed by atoms with E-state index in [1.165, 1.54) is 0 Å². The Balaban J connectivity index is 1.84. The van der Waals surface area contributed by atoms with Crippen LogP contribution in [-0.2, 0) is 0 Å². The standard InChI is InChI=1S/C21H17N5O/c22-20-11-15(8-9-24-20)14-6-7-19(27)16(10-14)18-12-17(25-21(23)26-18)13-4-2-1-3-5-13/h1-12,27H,(H2,22,24)(H2,23,25,26). The number of aromatic hydroxyl groups is 1. The van der Waals surface area contributed by atoms with Crippen molar-refractivity contribution in [1.29, 1.82) is 0 Å². The highest BCUT2D eigenvalue weighted by Gasteiger charge is 2.12. The van der Waals surface area contributed by atoms with Crippen molar-refractivity contribution >= 4 is 11.8 Å². The van der Waals surface area contributed by atoms with Crippen LogP contribution in [0.25, 0.3) is 33.6 Å². The third kappa shape index (κ3) is 3.41. The first-order chi connectivity index (χ1) is 13.1. The van der Waals surface area contributed by atoms with Crippen molar-refractivity contribution in [1.82, 2.24) is 15.0 Å². The number of anilines is 2. The average molecular weight is 355 g/mol. The van der Waals surface area contributed by atoms with Gasteiger partial charge in [-0.15, -0.1) is 0 Å². The molecule has 6 heteroatoms. The monoisotopic (exact) mass is 355 g/mol. The van der Waals surface area contributed by atoms with Gasteiger partial charge in [0.2, 0.25) is 5.95 Å². The Morgan fingerprint density at radius 3 is 2.22 bits per heavy atom. The molecule has 0 unspecified atom stereocenters. The minimum atomic E-state index is 0.109. The number of nitrogens with zero attached hydrogens (tertiary/aromatic N) is 3. The average Bonchev–Trinajstić information content (AvgIpc) is 2.68. The summed E-state index contributed by atoms with van der Waals surface area (Å²) >= 11 is 0. The van der Waals surface area contributed by atoms with Crippen LogP contribution in [0.1, 0.15) is 0 Å². The Hall–Kier alpha value is -3.93. The molecule has 0 bridgehead atoms. The van der Waals surface area contributed by atoms with Crippen LogP contribution in [0.3, 0.4) is 0 Å². The zero-order chi connectivity index (χ0) is 18.8. The van der Waals surface area contributed by atoms with Crippen LogP contribution >= 0.6 is 0 Å². The van der Waals surface area contributed by atoms with Gasteiger partial charge in [-0.25, -0.2) is 15.0 Å². The molecule has 0 spiro atoms. The summed E-state index contributed by atoms with van der Waals surface area (Å²) in [7, 11) is 0. The maximum atomic E-state index is 10.4. The number of nitrogen functional groups attached to an aromatic ring is 2. The maximum Gasteiger partial charge on any atom is 0.221 e. The quantitative estimate of drug-likeness (QED) is 0.516. The third-order valence-corrected chi connectivity index (χ3v) is 4.20. The summed E-state index contributed by atoms with van der Waals surface area (Å²) < 4.78 is 0. The van der Waals surface area contributed by atoms with E-state index in [2.05, 4.69) is 15.0 Å². The summed E-state index contributed by atoms with van der Waals surface area (Å²) in [5.74, 6) is 0.682. The number of hydrogen-bond donors (Lipinski definition) is 3. The molecule has 0 saturated heterocycles. The topological polar surface area (TPSA) is 111 Å². The summed E-state index contributed by atoms with van der Waals surface area (Å²) in [6.45, 7) is 0. The summed E-state index contributed by atoms with van der Waals surface area (Å²) in [5.41, 5.74) is 16.2. The largest absolute Gasteiger partial charge is 0.507 e. The minimum absolute atomic E-state index is 0.109. The fourth-order valence-corrected chi connectivity index (χ4v) is 2.91. The van der Waals surface area contributed by atoms with Crippen LogP contribution in [0.4, 0.5) is 11.8 Å². The van der Waals surface area contributed by atoms with Crippen molar-refractivity contribution in [3.8, 4) is 39.4 Å². The summed E-state index contributed by atoms with van der Waals surface area (Å²) in [4.78, 5) is 12.6. The van der Waals surface area contributed by atoms with Crippen molar-refractivity contribution < 1.29 is 5.11 Å². The van der Waals surface area contributed by atoms with Crippen molar-refractivity contribution in [3.63, 3.8) is 0 Å². The second-order valence-electron chi connectivity index (χ2n) is 6.06. The van der Waals surface area contributed by atoms with Gasteiger partial charge in [-0.3, -0.25) is 0 Å². The highest BCUT2D eigenvalue weighted by molar-refractivity contribution is 5.78. The number of pyridine rings is 1. The van der Waals surface area contributed by atoms with Gasteiger partial charge in [0.25, 0.3) is 0 Å². The molecule has 0 fully saturated rings. The Bertz CT molecular complexity index is 1110. The Labute approximate surface area is 156 Å². The lowest BCUT2D eigenvalue weighted by Gasteiger charge is -2.10. The van der Waals surface area contributed by atoms with Gasteiger partial charge in [-0.05, 0) is 41.5 Å². The second kappa shape index (κ2) is 6.76. The smallest absolute Gasteiger partial charge is 0.221 e. The lowest BCUT2D eigenvalue weighted by molar-refractivity contribution is 0.477. The zero-order valence-electron chi connectivity index (χ0n) is 14.4. The van der Waals surface area contributed by atoms with Crippen molar-refractivity contribution in [2.75, 3.05) is 11.5 Å². The highest BCUT2D eigenvalue weighted by Crippen LogP contribution is 2.34. The maximum absolute atomic E-state index is 10.4. The minimum Gasteiger partial charge on any atom is -0.507 e. The number of nitrogens with two attached hydrogens (primary N) is 2. The number of phenols is 1. The third-order valence-electron chi connectivity index (χ3n) is 4.20. The first kappa shape index (κ1) is 16.5. The van der Waals surface area contributed by atoms with Crippen molar-refractivity contribution in [3.05, 3.63) is 72.9 Å². The van der Waals surface area contributed by atoms with E-state index in [0.29, 0.717) is 22.8 Å². The number of phenolic OH excluding ortho intramolecular Hbond substituents is 1. The molecule has 0 amide bonds. The van der Waals surface area contributed by atoms with E-state index >= 15 is 0 Å². The SMILES string of the molecule is Nc1cc(-c2ccc(O)c(-c3cc(-c4ccccc4)nc(N)n3)c2)ccn1. The predicted octanol–water partition coefficient (Wildman–Crippen LogP) is 3.74. The second-order valence-corrected chi connectivity index (χ2v) is 6.06. The van der Waals surface area contributed by atoms with E-state index in [0.717, 1.165) is 16.7 Å². The van der Waals surface area contributed by atoms with Crippen molar-refractivity contribution in [2.45, 2.75) is 0 Å². The predicted molar refractivity (Wildman–Crippen MR) is 107 cm³/mol. The van der Waals surface area contributed by atoms with E-state index in [4.69, 9.17) is 11.5 Å². The fourth-order valence-electron chi connectivity index (χ4n) is 2.91. The molecular weight excluding hydrogens is 338 g/mol. The van der Waals surface area contributed by atoms with Gasteiger partial charge in [0.05, 0.1) is 11.4 Å². The van der Waals surface area contributed by atoms with Gasteiger partial charge in [0, 0.05) is 17.3 Å². The van der Waals surface area contributed by atoms with Crippen LogP contribution in [0.5, 0.6) is 5.75 Å². The van der Waals surface area contributed by atoms with Crippen LogP contribution in [0.2, 0.25) is 0 Å². The summed E-state index contributed by atoms with van der Waals surface area (Å²) in [6.07, 6.45) is 1.65. The normalized spacial score (nSPS) is 10.7. The Morgan fingerprint density at radius 1 is 0.704 bits per heavy atom. The van der Waals surface area contributed by atoms with E-state index < -0.39 is 0 Å². The molecule has 0 aliphatic carbocycles. The molecule has 2 heterocycles. The van der Waals surface area contributed by atoms with E-state index in [9.17, 15) is 5.11 Å². The fraction of sp³-hybridized carbons (Fsp3) is 0. The first-order valence-corrected chi connectivity index (χ1v) is 8.35. The molecule has 2 aromatic carbocycles. The van der Waals surface area contributed by atoms with Gasteiger partial charge in [0.15, 0.2) is 0 Å². The van der Waals surface area contributed by atoms with E-state index in [1.807, 2.05) is 54.6 Å². The molecule has 0 atom stereocenters. The van der Waals surface area contributed by atoms with Crippen LogP contribution in [0, 0.1) is 0 Å². The molecule has 0 aliphatic heterocycles. The lowest BCUT2D eigenvalue weighted by Crippen LogP contribution is -1.99. The lowest BCUT2D eigenvalue weighted by atomic mass is 10.0. The Kier molecular flexibility index (Phi) is 4.14. The highest BCUT2D eigenvalue weighted by atomic mass is 16.3. The van der Waals surface area contributed by atoms with Gasteiger partial charge in [-0.1, -0.05) is 36.4 Å². The zero-order valence-corrected chi connectivity index (χ0v) is 14.4. The van der Waals surface area contributed by atoms with Gasteiger partial charge >= 0.3 is 0 Å². The summed E-state index contributed by atoms with van der Waals surface area (Å²) in [5, 5.41) is 10.4. The first-order valence-electron chi connectivity index (χ1n) is 8.35. The molecular formula is C21H17N5O. The van der Waals surface area contributed by atoms with Gasteiger partial charge < -0.3 is 16.6 Å². The van der Waals surface area contributed by atoms with E-state index in [1.54, 1.807) is 18.3 Å². The summed E-state index contributed by atoms with van der Waals surface area (Å²) in [6, 6.07) is 20.4. The molecule has 0 aliphatic rings. The van der Waals surface area contributed by atoms with Crippen LogP contribution in [-0.4, -0.2) is 20.1 Å².